The van der Waals surface area contributed by atoms with Gasteiger partial charge in [-0.2, -0.15) is 0 Å². The summed E-state index contributed by atoms with van der Waals surface area (Å²) in [7, 11) is 0. The van der Waals surface area contributed by atoms with Crippen molar-refractivity contribution in [2.75, 3.05) is 0 Å². The van der Waals surface area contributed by atoms with Gasteiger partial charge in [0.15, 0.2) is 5.78 Å². The molecule has 92 valence electrons. The largest absolute Gasteiger partial charge is 0.289 e. The summed E-state index contributed by atoms with van der Waals surface area (Å²) in [5.74, 6) is 0.0457. The number of aryl methyl sites for hydroxylation is 2. The van der Waals surface area contributed by atoms with Crippen LogP contribution < -0.4 is 0 Å². The van der Waals surface area contributed by atoms with Crippen LogP contribution in [0.5, 0.6) is 0 Å². The van der Waals surface area contributed by atoms with E-state index in [4.69, 9.17) is 0 Å². The number of rotatable bonds is 2. The van der Waals surface area contributed by atoms with E-state index in [0.29, 0.717) is 5.56 Å². The van der Waals surface area contributed by atoms with Crippen molar-refractivity contribution in [2.45, 2.75) is 13.8 Å². The van der Waals surface area contributed by atoms with E-state index in [9.17, 15) is 4.79 Å². The highest BCUT2D eigenvalue weighted by molar-refractivity contribution is 9.11. The van der Waals surface area contributed by atoms with Crippen molar-refractivity contribution in [3.05, 3.63) is 67.6 Å². The van der Waals surface area contributed by atoms with Crippen molar-refractivity contribution in [1.82, 2.24) is 0 Å². The van der Waals surface area contributed by atoms with Gasteiger partial charge < -0.3 is 0 Å². The third-order valence-corrected chi connectivity index (χ3v) is 4.00. The molecule has 0 amide bonds. The minimum absolute atomic E-state index is 0.0457. The lowest BCUT2D eigenvalue weighted by Gasteiger charge is -2.08. The van der Waals surface area contributed by atoms with E-state index in [1.165, 1.54) is 0 Å². The number of hydrogen-bond acceptors (Lipinski definition) is 1. The van der Waals surface area contributed by atoms with E-state index in [1.54, 1.807) is 0 Å². The van der Waals surface area contributed by atoms with Crippen LogP contribution in [0.2, 0.25) is 0 Å². The van der Waals surface area contributed by atoms with Crippen LogP contribution in [-0.2, 0) is 0 Å². The first-order valence-electron chi connectivity index (χ1n) is 5.56. The maximum atomic E-state index is 12.5. The van der Waals surface area contributed by atoms with Crippen LogP contribution in [0.4, 0.5) is 0 Å². The highest BCUT2D eigenvalue weighted by Crippen LogP contribution is 2.25. The molecule has 2 aromatic rings. The number of ketones is 1. The molecule has 0 N–H and O–H groups in total. The second-order valence-corrected chi connectivity index (χ2v) is 6.04. The Labute approximate surface area is 123 Å². The quantitative estimate of drug-likeness (QED) is 0.678. The van der Waals surface area contributed by atoms with E-state index < -0.39 is 0 Å². The molecule has 0 aliphatic carbocycles. The molecule has 0 spiro atoms. The Morgan fingerprint density at radius 2 is 1.67 bits per heavy atom. The molecule has 0 aromatic heterocycles. The topological polar surface area (TPSA) is 17.1 Å². The van der Waals surface area contributed by atoms with E-state index in [-0.39, 0.29) is 5.78 Å². The molecule has 0 aliphatic heterocycles. The first-order valence-corrected chi connectivity index (χ1v) is 7.14. The van der Waals surface area contributed by atoms with Gasteiger partial charge in [0.1, 0.15) is 0 Å². The lowest BCUT2D eigenvalue weighted by atomic mass is 9.97. The molecule has 0 saturated heterocycles. The normalized spacial score (nSPS) is 10.4. The number of carbonyl (C=O) groups is 1. The molecule has 2 rings (SSSR count). The summed E-state index contributed by atoms with van der Waals surface area (Å²) in [5.41, 5.74) is 3.53. The Kier molecular flexibility index (Phi) is 4.03. The molecule has 3 heteroatoms. The summed E-state index contributed by atoms with van der Waals surface area (Å²) in [4.78, 5) is 12.5. The molecule has 2 aromatic carbocycles. The molecule has 0 saturated carbocycles. The fraction of sp³-hybridized carbons (Fsp3) is 0.133. The molecule has 0 heterocycles. The maximum absolute atomic E-state index is 12.5. The van der Waals surface area contributed by atoms with Crippen molar-refractivity contribution in [3.63, 3.8) is 0 Å². The van der Waals surface area contributed by atoms with Crippen LogP contribution in [0.3, 0.4) is 0 Å². The molecular formula is C15H12Br2O. The highest BCUT2D eigenvalue weighted by Gasteiger charge is 2.15. The van der Waals surface area contributed by atoms with Gasteiger partial charge in [-0.15, -0.1) is 0 Å². The van der Waals surface area contributed by atoms with Crippen LogP contribution in [0.25, 0.3) is 0 Å². The van der Waals surface area contributed by atoms with Crippen LogP contribution in [0.15, 0.2) is 45.3 Å². The number of benzene rings is 2. The molecule has 0 radical (unpaired) electrons. The lowest BCUT2D eigenvalue weighted by molar-refractivity contribution is 0.103. The minimum atomic E-state index is 0.0457. The average molecular weight is 368 g/mol. The lowest BCUT2D eigenvalue weighted by Crippen LogP contribution is -2.05. The molecule has 0 atom stereocenters. The molecule has 1 nitrogen and oxygen atoms in total. The standard InChI is InChI=1S/C15H12Br2O/c1-9-3-4-10(2)12(7-9)15(18)13-8-11(16)5-6-14(13)17/h3-8H,1-2H3. The summed E-state index contributed by atoms with van der Waals surface area (Å²) in [5, 5.41) is 0. The summed E-state index contributed by atoms with van der Waals surface area (Å²) >= 11 is 6.83. The van der Waals surface area contributed by atoms with E-state index in [0.717, 1.165) is 25.6 Å². The van der Waals surface area contributed by atoms with Crippen LogP contribution in [-0.4, -0.2) is 5.78 Å². The Morgan fingerprint density at radius 1 is 0.944 bits per heavy atom. The zero-order valence-corrected chi connectivity index (χ0v) is 13.3. The summed E-state index contributed by atoms with van der Waals surface area (Å²) in [6, 6.07) is 11.6. The van der Waals surface area contributed by atoms with Gasteiger partial charge in [0.2, 0.25) is 0 Å². The zero-order valence-electron chi connectivity index (χ0n) is 10.1. The minimum Gasteiger partial charge on any atom is -0.289 e. The average Bonchev–Trinajstić information content (AvgIpc) is 2.34. The van der Waals surface area contributed by atoms with Gasteiger partial charge in [-0.3, -0.25) is 4.79 Å². The van der Waals surface area contributed by atoms with Crippen LogP contribution >= 0.6 is 31.9 Å². The third-order valence-electron chi connectivity index (χ3n) is 2.81. The Balaban J connectivity index is 2.54. The van der Waals surface area contributed by atoms with Crippen molar-refractivity contribution >= 4 is 37.6 Å². The van der Waals surface area contributed by atoms with Gasteiger partial charge in [-0.1, -0.05) is 49.6 Å². The first-order chi connectivity index (χ1) is 8.49. The number of hydrogen-bond donors (Lipinski definition) is 0. The van der Waals surface area contributed by atoms with Crippen molar-refractivity contribution in [3.8, 4) is 0 Å². The van der Waals surface area contributed by atoms with Crippen LogP contribution in [0, 0.1) is 13.8 Å². The predicted octanol–water partition coefficient (Wildman–Crippen LogP) is 5.06. The molecule has 0 bridgehead atoms. The van der Waals surface area contributed by atoms with Crippen molar-refractivity contribution in [1.29, 1.82) is 0 Å². The monoisotopic (exact) mass is 366 g/mol. The van der Waals surface area contributed by atoms with E-state index in [1.807, 2.05) is 50.2 Å². The van der Waals surface area contributed by atoms with Gasteiger partial charge >= 0.3 is 0 Å². The van der Waals surface area contributed by atoms with E-state index in [2.05, 4.69) is 31.9 Å². The summed E-state index contributed by atoms with van der Waals surface area (Å²) in [6.07, 6.45) is 0. The fourth-order valence-corrected chi connectivity index (χ4v) is 2.58. The smallest absolute Gasteiger partial charge is 0.194 e. The number of halogens is 2. The highest BCUT2D eigenvalue weighted by atomic mass is 79.9. The molecule has 0 aliphatic rings. The fourth-order valence-electron chi connectivity index (χ4n) is 1.80. The zero-order chi connectivity index (χ0) is 13.3. The second kappa shape index (κ2) is 5.37. The van der Waals surface area contributed by atoms with Gasteiger partial charge in [-0.25, -0.2) is 0 Å². The first kappa shape index (κ1) is 13.5. The Morgan fingerprint density at radius 3 is 2.39 bits per heavy atom. The van der Waals surface area contributed by atoms with Crippen molar-refractivity contribution < 1.29 is 4.79 Å². The summed E-state index contributed by atoms with van der Waals surface area (Å²) < 4.78 is 1.72. The number of carbonyl (C=O) groups excluding carboxylic acids is 1. The molecule has 18 heavy (non-hydrogen) atoms. The SMILES string of the molecule is Cc1ccc(C)c(C(=O)c2cc(Br)ccc2Br)c1. The van der Waals surface area contributed by atoms with Crippen molar-refractivity contribution in [2.24, 2.45) is 0 Å². The van der Waals surface area contributed by atoms with Gasteiger partial charge in [0.05, 0.1) is 0 Å². The Bertz CT molecular complexity index is 564. The van der Waals surface area contributed by atoms with Gasteiger partial charge in [-0.05, 0) is 43.7 Å². The van der Waals surface area contributed by atoms with Gasteiger partial charge in [0.25, 0.3) is 0 Å². The summed E-state index contributed by atoms with van der Waals surface area (Å²) in [6.45, 7) is 3.95. The molecular weight excluding hydrogens is 356 g/mol. The second-order valence-electron chi connectivity index (χ2n) is 4.27. The van der Waals surface area contributed by atoms with Crippen LogP contribution in [0.1, 0.15) is 27.0 Å². The van der Waals surface area contributed by atoms with Gasteiger partial charge in [0, 0.05) is 20.1 Å². The third kappa shape index (κ3) is 2.73. The molecule has 0 unspecified atom stereocenters. The maximum Gasteiger partial charge on any atom is 0.194 e. The molecule has 0 fully saturated rings. The Hall–Kier alpha value is -0.930. The van der Waals surface area contributed by atoms with E-state index >= 15 is 0 Å². The predicted molar refractivity (Wildman–Crippen MR) is 81.2 cm³/mol.